The summed E-state index contributed by atoms with van der Waals surface area (Å²) < 4.78 is 12.3. The van der Waals surface area contributed by atoms with E-state index in [1.54, 1.807) is 24.3 Å². The number of carbonyl (C=O) groups excluding carboxylic acids is 1. The lowest BCUT2D eigenvalue weighted by Crippen LogP contribution is -2.07. The van der Waals surface area contributed by atoms with Crippen molar-refractivity contribution < 1.29 is 9.36 Å². The van der Waals surface area contributed by atoms with Crippen LogP contribution in [0.4, 0.5) is 0 Å². The normalized spacial score (nSPS) is 10.7. The monoisotopic (exact) mass is 288 g/mol. The molecule has 2 aromatic rings. The van der Waals surface area contributed by atoms with E-state index in [0.29, 0.717) is 10.9 Å². The highest BCUT2D eigenvalue weighted by atomic mass is 31.1. The van der Waals surface area contributed by atoms with E-state index in [-0.39, 0.29) is 11.7 Å². The van der Waals surface area contributed by atoms with Crippen LogP contribution >= 0.6 is 7.80 Å². The van der Waals surface area contributed by atoms with Crippen molar-refractivity contribution in [2.45, 2.75) is 20.8 Å². The Balaban J connectivity index is 0.00000200. The second kappa shape index (κ2) is 6.56. The van der Waals surface area contributed by atoms with E-state index in [0.717, 1.165) is 16.7 Å². The van der Waals surface area contributed by atoms with E-state index in [9.17, 15) is 9.36 Å². The van der Waals surface area contributed by atoms with Gasteiger partial charge in [-0.15, -0.1) is 0 Å². The molecule has 0 aliphatic carbocycles. The fourth-order valence-electron chi connectivity index (χ4n) is 2.30. The smallest absolute Gasteiger partial charge is 0.247 e. The van der Waals surface area contributed by atoms with Crippen LogP contribution < -0.4 is 11.5 Å². The summed E-state index contributed by atoms with van der Waals surface area (Å²) in [6.07, 6.45) is 0. The first-order chi connectivity index (χ1) is 9.00. The second-order valence-corrected chi connectivity index (χ2v) is 6.22. The number of aryl methyl sites for hydroxylation is 3. The molecule has 0 aromatic heterocycles. The van der Waals surface area contributed by atoms with Crippen LogP contribution in [0.25, 0.3) is 0 Å². The molecule has 2 aromatic carbocycles. The maximum Gasteiger partial charge on any atom is 0.247 e. The predicted molar refractivity (Wildman–Crippen MR) is 83.7 cm³/mol. The maximum atomic E-state index is 12.4. The first-order valence-corrected chi connectivity index (χ1v) is 7.41. The number of benzene rings is 2. The SMILES string of the molecule is Cc1cc(C)c(C(=O)[P](=O)c2ccccc2)c(C)c1.N. The molecule has 0 amide bonds. The zero-order valence-electron chi connectivity index (χ0n) is 12.0. The molecular weight excluding hydrogens is 269 g/mol. The lowest BCUT2D eigenvalue weighted by Gasteiger charge is -2.09. The van der Waals surface area contributed by atoms with Crippen molar-refractivity contribution in [1.82, 2.24) is 6.15 Å². The standard InChI is InChI=1S/C16H16O2P.H3N/c1-11-9-12(2)15(13(3)10-11)16(17)19(18)14-7-5-4-6-8-14;/h4-10H,1-3H3;1H3. The van der Waals surface area contributed by atoms with Gasteiger partial charge in [0.25, 0.3) is 0 Å². The summed E-state index contributed by atoms with van der Waals surface area (Å²) in [6.45, 7) is 5.77. The molecule has 3 nitrogen and oxygen atoms in total. The number of hydrogen-bond acceptors (Lipinski definition) is 3. The molecule has 0 bridgehead atoms. The Kier molecular flexibility index (Phi) is 5.32. The number of hydrogen-bond donors (Lipinski definition) is 1. The maximum absolute atomic E-state index is 12.4. The summed E-state index contributed by atoms with van der Waals surface area (Å²) in [6, 6.07) is 12.8. The van der Waals surface area contributed by atoms with E-state index >= 15 is 0 Å². The highest BCUT2D eigenvalue weighted by Gasteiger charge is 2.21. The lowest BCUT2D eigenvalue weighted by atomic mass is 10.0. The topological polar surface area (TPSA) is 69.1 Å². The lowest BCUT2D eigenvalue weighted by molar-refractivity contribution is 0.107. The van der Waals surface area contributed by atoms with Crippen LogP contribution in [0.1, 0.15) is 27.0 Å². The summed E-state index contributed by atoms with van der Waals surface area (Å²) in [5.41, 5.74) is 3.21. The van der Waals surface area contributed by atoms with Gasteiger partial charge in [0.1, 0.15) is 0 Å². The van der Waals surface area contributed by atoms with E-state index in [2.05, 4.69) is 0 Å². The summed E-state index contributed by atoms with van der Waals surface area (Å²) in [5, 5.41) is 0.585. The Morgan fingerprint density at radius 1 is 0.950 bits per heavy atom. The molecule has 4 heteroatoms. The Hall–Kier alpha value is -1.83. The summed E-state index contributed by atoms with van der Waals surface area (Å²) in [7, 11) is -2.04. The Morgan fingerprint density at radius 3 is 1.95 bits per heavy atom. The van der Waals surface area contributed by atoms with Gasteiger partial charge in [0.2, 0.25) is 5.52 Å². The molecular formula is C16H19NO2P. The second-order valence-electron chi connectivity index (χ2n) is 4.71. The summed E-state index contributed by atoms with van der Waals surface area (Å²) in [4.78, 5) is 12.4. The van der Waals surface area contributed by atoms with Crippen LogP contribution in [0.15, 0.2) is 42.5 Å². The fourth-order valence-corrected chi connectivity index (χ4v) is 3.53. The third-order valence-electron chi connectivity index (χ3n) is 3.07. The van der Waals surface area contributed by atoms with Crippen LogP contribution in [0, 0.1) is 20.8 Å². The Morgan fingerprint density at radius 2 is 1.45 bits per heavy atom. The molecule has 0 spiro atoms. The van der Waals surface area contributed by atoms with Crippen molar-refractivity contribution >= 4 is 18.6 Å². The zero-order chi connectivity index (χ0) is 14.0. The van der Waals surface area contributed by atoms with Crippen LogP contribution in [-0.4, -0.2) is 5.52 Å². The predicted octanol–water partition coefficient (Wildman–Crippen LogP) is 4.07. The minimum atomic E-state index is -2.04. The number of carbonyl (C=O) groups is 1. The van der Waals surface area contributed by atoms with Crippen molar-refractivity contribution in [3.05, 3.63) is 64.7 Å². The molecule has 0 aliphatic heterocycles. The quantitative estimate of drug-likeness (QED) is 0.866. The molecule has 0 saturated heterocycles. The minimum Gasteiger partial charge on any atom is -0.344 e. The first kappa shape index (κ1) is 16.2. The van der Waals surface area contributed by atoms with Gasteiger partial charge in [0.15, 0.2) is 7.80 Å². The summed E-state index contributed by atoms with van der Waals surface area (Å²) in [5.74, 6) is 0. The van der Waals surface area contributed by atoms with Crippen molar-refractivity contribution in [3.63, 3.8) is 0 Å². The highest BCUT2D eigenvalue weighted by molar-refractivity contribution is 7.71. The van der Waals surface area contributed by atoms with Crippen LogP contribution in [0.3, 0.4) is 0 Å². The van der Waals surface area contributed by atoms with Gasteiger partial charge in [-0.25, -0.2) is 0 Å². The molecule has 0 heterocycles. The molecule has 1 atom stereocenters. The van der Waals surface area contributed by atoms with Crippen molar-refractivity contribution in [2.75, 3.05) is 0 Å². The van der Waals surface area contributed by atoms with Crippen LogP contribution in [-0.2, 0) is 4.57 Å². The van der Waals surface area contributed by atoms with Gasteiger partial charge in [-0.1, -0.05) is 35.9 Å². The van der Waals surface area contributed by atoms with Gasteiger partial charge in [0, 0.05) is 10.9 Å². The van der Waals surface area contributed by atoms with Gasteiger partial charge in [-0.05, 0) is 44.0 Å². The minimum absolute atomic E-state index is 0. The van der Waals surface area contributed by atoms with Crippen LogP contribution in [0.5, 0.6) is 0 Å². The highest BCUT2D eigenvalue weighted by Crippen LogP contribution is 2.30. The average Bonchev–Trinajstić information content (AvgIpc) is 2.37. The van der Waals surface area contributed by atoms with Crippen molar-refractivity contribution in [1.29, 1.82) is 0 Å². The van der Waals surface area contributed by atoms with Gasteiger partial charge in [0.05, 0.1) is 0 Å². The van der Waals surface area contributed by atoms with Gasteiger partial charge < -0.3 is 6.15 Å². The first-order valence-electron chi connectivity index (χ1n) is 6.15. The van der Waals surface area contributed by atoms with Gasteiger partial charge in [-0.2, -0.15) is 0 Å². The molecule has 105 valence electrons. The summed E-state index contributed by atoms with van der Waals surface area (Å²) >= 11 is 0. The van der Waals surface area contributed by atoms with E-state index in [4.69, 9.17) is 0 Å². The fraction of sp³-hybridized carbons (Fsp3) is 0.188. The molecule has 0 aliphatic rings. The van der Waals surface area contributed by atoms with Gasteiger partial charge in [-0.3, -0.25) is 9.36 Å². The van der Waals surface area contributed by atoms with E-state index in [1.165, 1.54) is 0 Å². The molecule has 20 heavy (non-hydrogen) atoms. The van der Waals surface area contributed by atoms with E-state index < -0.39 is 7.80 Å². The van der Waals surface area contributed by atoms with E-state index in [1.807, 2.05) is 39.0 Å². The molecule has 0 saturated carbocycles. The molecule has 1 radical (unpaired) electrons. The average molecular weight is 288 g/mol. The third kappa shape index (κ3) is 3.19. The number of rotatable bonds is 3. The largest absolute Gasteiger partial charge is 0.344 e. The van der Waals surface area contributed by atoms with Crippen molar-refractivity contribution in [2.24, 2.45) is 0 Å². The van der Waals surface area contributed by atoms with Gasteiger partial charge >= 0.3 is 0 Å². The molecule has 2 rings (SSSR count). The van der Waals surface area contributed by atoms with Crippen LogP contribution in [0.2, 0.25) is 0 Å². The Bertz CT molecular complexity index is 628. The Labute approximate surface area is 120 Å². The zero-order valence-corrected chi connectivity index (χ0v) is 12.9. The molecule has 1 unspecified atom stereocenters. The third-order valence-corrected chi connectivity index (χ3v) is 4.43. The molecule has 0 fully saturated rings. The van der Waals surface area contributed by atoms with Crippen molar-refractivity contribution in [3.8, 4) is 0 Å². The molecule has 3 N–H and O–H groups in total.